The minimum absolute atomic E-state index is 0.0283. The van der Waals surface area contributed by atoms with Crippen LogP contribution in [0.15, 0.2) is 54.6 Å². The maximum atomic E-state index is 12.4. The van der Waals surface area contributed by atoms with Gasteiger partial charge in [0.15, 0.2) is 0 Å². The number of benzene rings is 2. The Morgan fingerprint density at radius 1 is 0.966 bits per heavy atom. The molecule has 0 aliphatic rings. The molecule has 0 aliphatic carbocycles. The molecule has 0 spiro atoms. The first-order chi connectivity index (χ1) is 13.8. The maximum absolute atomic E-state index is 12.4. The molecule has 29 heavy (non-hydrogen) atoms. The van der Waals surface area contributed by atoms with Crippen molar-refractivity contribution in [1.29, 1.82) is 0 Å². The average molecular weight is 400 g/mol. The van der Waals surface area contributed by atoms with Crippen molar-refractivity contribution in [3.05, 3.63) is 65.7 Å². The van der Waals surface area contributed by atoms with Crippen LogP contribution in [0, 0.1) is 0 Å². The molecule has 4 N–H and O–H groups in total. The van der Waals surface area contributed by atoms with E-state index in [4.69, 9.17) is 9.84 Å². The molecule has 3 atom stereocenters. The van der Waals surface area contributed by atoms with Crippen LogP contribution in [0.5, 0.6) is 5.75 Å². The highest BCUT2D eigenvalue weighted by molar-refractivity contribution is 6.28. The molecule has 0 saturated heterocycles. The fraction of sp³-hybridized carbons (Fsp3) is 0.286. The number of hydrogen-bond acceptors (Lipinski definition) is 6. The average Bonchev–Trinajstić information content (AvgIpc) is 2.71. The Hall–Kier alpha value is -3.39. The van der Waals surface area contributed by atoms with Crippen molar-refractivity contribution in [2.24, 2.45) is 0 Å². The Bertz CT molecular complexity index is 838. The zero-order valence-electron chi connectivity index (χ0n) is 16.2. The number of aromatic hydroxyl groups is 1. The van der Waals surface area contributed by atoms with Crippen LogP contribution in [0.4, 0.5) is 0 Å². The van der Waals surface area contributed by atoms with E-state index >= 15 is 0 Å². The second-order valence-corrected chi connectivity index (χ2v) is 6.56. The first-order valence-corrected chi connectivity index (χ1v) is 9.09. The van der Waals surface area contributed by atoms with Crippen molar-refractivity contribution in [1.82, 2.24) is 10.6 Å². The number of nitrogens with one attached hydrogen (secondary N) is 2. The highest BCUT2D eigenvalue weighted by Gasteiger charge is 2.23. The minimum Gasteiger partial charge on any atom is -0.508 e. The van der Waals surface area contributed by atoms with E-state index in [0.717, 1.165) is 5.56 Å². The summed E-state index contributed by atoms with van der Waals surface area (Å²) in [5.74, 6) is -3.59. The van der Waals surface area contributed by atoms with Gasteiger partial charge in [-0.3, -0.25) is 10.1 Å². The number of carbonyl (C=O) groups excluding carboxylic acids is 2. The third-order valence-corrected chi connectivity index (χ3v) is 4.35. The van der Waals surface area contributed by atoms with Gasteiger partial charge in [0.1, 0.15) is 11.9 Å². The van der Waals surface area contributed by atoms with Crippen molar-refractivity contribution in [2.75, 3.05) is 6.54 Å². The molecule has 8 heteroatoms. The first kappa shape index (κ1) is 21.9. The molecule has 0 fully saturated rings. The lowest BCUT2D eigenvalue weighted by Crippen LogP contribution is -2.46. The van der Waals surface area contributed by atoms with Crippen LogP contribution in [0.2, 0.25) is 0 Å². The van der Waals surface area contributed by atoms with E-state index in [-0.39, 0.29) is 24.1 Å². The Labute approximate surface area is 168 Å². The summed E-state index contributed by atoms with van der Waals surface area (Å²) < 4.78 is 5.01. The molecule has 3 unspecified atom stereocenters. The summed E-state index contributed by atoms with van der Waals surface area (Å²) >= 11 is 0. The number of hydrogen-bond donors (Lipinski definition) is 4. The van der Waals surface area contributed by atoms with E-state index in [9.17, 15) is 19.5 Å². The summed E-state index contributed by atoms with van der Waals surface area (Å²) in [5, 5.41) is 24.0. The largest absolute Gasteiger partial charge is 0.508 e. The van der Waals surface area contributed by atoms with Gasteiger partial charge in [-0.1, -0.05) is 42.5 Å². The van der Waals surface area contributed by atoms with E-state index in [1.807, 2.05) is 30.3 Å². The number of amides is 1. The van der Waals surface area contributed by atoms with Crippen LogP contribution in [0.3, 0.4) is 0 Å². The predicted molar refractivity (Wildman–Crippen MR) is 105 cm³/mol. The minimum atomic E-state index is -1.70. The van der Waals surface area contributed by atoms with Crippen molar-refractivity contribution in [3.8, 4) is 5.75 Å². The molecule has 0 heterocycles. The van der Waals surface area contributed by atoms with Gasteiger partial charge < -0.3 is 20.3 Å². The molecule has 0 aromatic heterocycles. The van der Waals surface area contributed by atoms with Gasteiger partial charge in [0.25, 0.3) is 0 Å². The molecule has 2 aromatic carbocycles. The second kappa shape index (κ2) is 10.2. The van der Waals surface area contributed by atoms with E-state index in [2.05, 4.69) is 10.6 Å². The standard InChI is InChI=1S/C21H24N2O6/c1-13(15-6-4-3-5-7-15)19(25)23-14(2)22-12-18(29-21(28)20(26)27)16-8-10-17(24)11-9-16/h3-11,13-14,18,22,24H,12H2,1-2H3,(H,23,25)(H,26,27). The van der Waals surface area contributed by atoms with Gasteiger partial charge in [-0.25, -0.2) is 9.59 Å². The number of ether oxygens (including phenoxy) is 1. The van der Waals surface area contributed by atoms with Crippen LogP contribution in [-0.2, 0) is 19.1 Å². The Kier molecular flexibility index (Phi) is 7.73. The fourth-order valence-corrected chi connectivity index (χ4v) is 2.66. The quantitative estimate of drug-likeness (QED) is 0.303. The highest BCUT2D eigenvalue weighted by Crippen LogP contribution is 2.20. The number of carbonyl (C=O) groups is 3. The molecule has 8 nitrogen and oxygen atoms in total. The molecule has 1 amide bonds. The van der Waals surface area contributed by atoms with Crippen molar-refractivity contribution in [2.45, 2.75) is 32.0 Å². The summed E-state index contributed by atoms with van der Waals surface area (Å²) in [6, 6.07) is 15.2. The summed E-state index contributed by atoms with van der Waals surface area (Å²) in [6.45, 7) is 3.58. The van der Waals surface area contributed by atoms with Crippen LogP contribution >= 0.6 is 0 Å². The number of carboxylic acid groups (broad SMARTS) is 1. The lowest BCUT2D eigenvalue weighted by Gasteiger charge is -2.23. The summed E-state index contributed by atoms with van der Waals surface area (Å²) in [5.41, 5.74) is 1.38. The van der Waals surface area contributed by atoms with Crippen molar-refractivity contribution in [3.63, 3.8) is 0 Å². The van der Waals surface area contributed by atoms with Crippen molar-refractivity contribution >= 4 is 17.8 Å². The maximum Gasteiger partial charge on any atom is 0.417 e. The summed E-state index contributed by atoms with van der Waals surface area (Å²) in [7, 11) is 0. The SMILES string of the molecule is CC(NCC(OC(=O)C(=O)O)c1ccc(O)cc1)NC(=O)C(C)c1ccccc1. The van der Waals surface area contributed by atoms with Crippen LogP contribution in [0.25, 0.3) is 0 Å². The number of rotatable bonds is 8. The molecular weight excluding hydrogens is 376 g/mol. The molecule has 0 saturated carbocycles. The van der Waals surface area contributed by atoms with Gasteiger partial charge in [0, 0.05) is 6.54 Å². The third-order valence-electron chi connectivity index (χ3n) is 4.35. The molecule has 0 radical (unpaired) electrons. The van der Waals surface area contributed by atoms with Gasteiger partial charge in [-0.15, -0.1) is 0 Å². The summed E-state index contributed by atoms with van der Waals surface area (Å²) in [4.78, 5) is 34.7. The van der Waals surface area contributed by atoms with Gasteiger partial charge in [0.2, 0.25) is 5.91 Å². The zero-order chi connectivity index (χ0) is 21.4. The lowest BCUT2D eigenvalue weighted by molar-refractivity contribution is -0.167. The van der Waals surface area contributed by atoms with Crippen molar-refractivity contribution < 1.29 is 29.3 Å². The lowest BCUT2D eigenvalue weighted by atomic mass is 10.0. The van der Waals surface area contributed by atoms with E-state index < -0.39 is 24.2 Å². The van der Waals surface area contributed by atoms with Crippen LogP contribution in [-0.4, -0.2) is 40.8 Å². The molecular formula is C21H24N2O6. The van der Waals surface area contributed by atoms with Gasteiger partial charge >= 0.3 is 11.9 Å². The van der Waals surface area contributed by atoms with Crippen LogP contribution < -0.4 is 10.6 Å². The van der Waals surface area contributed by atoms with E-state index in [0.29, 0.717) is 5.56 Å². The molecule has 2 rings (SSSR count). The Balaban J connectivity index is 1.98. The predicted octanol–water partition coefficient (Wildman–Crippen LogP) is 1.92. The monoisotopic (exact) mass is 400 g/mol. The summed E-state index contributed by atoms with van der Waals surface area (Å²) in [6.07, 6.45) is -1.37. The molecule has 2 aromatic rings. The van der Waals surface area contributed by atoms with Crippen LogP contribution in [0.1, 0.15) is 37.0 Å². The van der Waals surface area contributed by atoms with Gasteiger partial charge in [0.05, 0.1) is 12.1 Å². The first-order valence-electron chi connectivity index (χ1n) is 9.09. The smallest absolute Gasteiger partial charge is 0.417 e. The molecule has 154 valence electrons. The Morgan fingerprint density at radius 2 is 1.59 bits per heavy atom. The van der Waals surface area contributed by atoms with E-state index in [1.54, 1.807) is 13.8 Å². The number of phenols is 1. The number of phenolic OH excluding ortho intramolecular Hbond substituents is 1. The van der Waals surface area contributed by atoms with E-state index in [1.165, 1.54) is 24.3 Å². The van der Waals surface area contributed by atoms with Gasteiger partial charge in [-0.2, -0.15) is 0 Å². The normalized spacial score (nSPS) is 13.7. The highest BCUT2D eigenvalue weighted by atomic mass is 16.6. The van der Waals surface area contributed by atoms with Gasteiger partial charge in [-0.05, 0) is 37.1 Å². The Morgan fingerprint density at radius 3 is 2.17 bits per heavy atom. The number of esters is 1. The molecule has 0 aliphatic heterocycles. The number of carboxylic acids is 1. The zero-order valence-corrected chi connectivity index (χ0v) is 16.2. The topological polar surface area (TPSA) is 125 Å². The second-order valence-electron chi connectivity index (χ2n) is 6.56. The number of aliphatic carboxylic acids is 1. The third kappa shape index (κ3) is 6.62. The molecule has 0 bridgehead atoms. The fourth-order valence-electron chi connectivity index (χ4n) is 2.66.